The highest BCUT2D eigenvalue weighted by Crippen LogP contribution is 2.22. The van der Waals surface area contributed by atoms with Crippen molar-refractivity contribution in [3.8, 4) is 5.75 Å². The van der Waals surface area contributed by atoms with Gasteiger partial charge >= 0.3 is 0 Å². The summed E-state index contributed by atoms with van der Waals surface area (Å²) in [4.78, 5) is 12.7. The van der Waals surface area contributed by atoms with Crippen molar-refractivity contribution in [2.24, 2.45) is 0 Å². The van der Waals surface area contributed by atoms with Crippen molar-refractivity contribution in [3.63, 3.8) is 0 Å². The maximum Gasteiger partial charge on any atom is 0.244 e. The molecule has 0 aliphatic rings. The zero-order valence-corrected chi connectivity index (χ0v) is 17.6. The molecule has 1 unspecified atom stereocenters. The summed E-state index contributed by atoms with van der Waals surface area (Å²) in [5, 5.41) is 2.78. The summed E-state index contributed by atoms with van der Waals surface area (Å²) in [5.41, 5.74) is 2.80. The van der Waals surface area contributed by atoms with Gasteiger partial charge in [-0.15, -0.1) is 0 Å². The van der Waals surface area contributed by atoms with E-state index in [2.05, 4.69) is 5.32 Å². The van der Waals surface area contributed by atoms with Crippen LogP contribution in [0.1, 0.15) is 24.5 Å². The molecule has 0 radical (unpaired) electrons. The number of nitrogens with one attached hydrogen (secondary N) is 1. The molecule has 6 nitrogen and oxygen atoms in total. The molecule has 2 aromatic rings. The molecule has 2 aromatic carbocycles. The number of hydrogen-bond donors (Lipinski definition) is 1. The summed E-state index contributed by atoms with van der Waals surface area (Å²) >= 11 is 0. The zero-order chi connectivity index (χ0) is 20.7. The molecule has 7 heteroatoms. The van der Waals surface area contributed by atoms with Crippen molar-refractivity contribution < 1.29 is 17.9 Å². The van der Waals surface area contributed by atoms with Crippen LogP contribution >= 0.6 is 0 Å². The fourth-order valence-electron chi connectivity index (χ4n) is 2.90. The molecule has 0 heterocycles. The third-order valence-corrected chi connectivity index (χ3v) is 5.67. The second kappa shape index (κ2) is 9.59. The SMILES string of the molecule is CCC(C(=O)NCCOc1ccc(C)c(C)c1)N(c1ccccc1)S(C)(=O)=O. The largest absolute Gasteiger partial charge is 0.492 e. The number of amides is 1. The van der Waals surface area contributed by atoms with Gasteiger partial charge in [0.25, 0.3) is 0 Å². The number of ether oxygens (including phenoxy) is 1. The number of hydrogen-bond acceptors (Lipinski definition) is 4. The maximum atomic E-state index is 12.7. The third-order valence-electron chi connectivity index (χ3n) is 4.49. The first-order chi connectivity index (χ1) is 13.2. The Balaban J connectivity index is 2.00. The molecule has 28 heavy (non-hydrogen) atoms. The quantitative estimate of drug-likeness (QED) is 0.652. The molecule has 0 aliphatic carbocycles. The number of para-hydroxylation sites is 1. The standard InChI is InChI=1S/C21H28N2O4S/c1-5-20(23(28(4,25)26)18-9-7-6-8-10-18)21(24)22-13-14-27-19-12-11-16(2)17(3)15-19/h6-12,15,20H,5,13-14H2,1-4H3,(H,22,24). The maximum absolute atomic E-state index is 12.7. The van der Waals surface area contributed by atoms with Gasteiger partial charge in [0.05, 0.1) is 18.5 Å². The monoisotopic (exact) mass is 404 g/mol. The molecule has 0 fully saturated rings. The Morgan fingerprint density at radius 3 is 2.36 bits per heavy atom. The van der Waals surface area contributed by atoms with Gasteiger partial charge in [0.1, 0.15) is 18.4 Å². The Bertz CT molecular complexity index is 898. The van der Waals surface area contributed by atoms with E-state index in [1.807, 2.05) is 32.0 Å². The molecule has 1 amide bonds. The number of anilines is 1. The molecule has 0 saturated heterocycles. The van der Waals surface area contributed by atoms with Crippen molar-refractivity contribution in [1.82, 2.24) is 5.32 Å². The van der Waals surface area contributed by atoms with Gasteiger partial charge in [-0.2, -0.15) is 0 Å². The van der Waals surface area contributed by atoms with Crippen LogP contribution in [0.25, 0.3) is 0 Å². The van der Waals surface area contributed by atoms with Gasteiger partial charge in [-0.05, 0) is 55.7 Å². The van der Waals surface area contributed by atoms with Crippen LogP contribution in [0.4, 0.5) is 5.69 Å². The van der Waals surface area contributed by atoms with Crippen LogP contribution in [0.3, 0.4) is 0 Å². The highest BCUT2D eigenvalue weighted by molar-refractivity contribution is 7.92. The van der Waals surface area contributed by atoms with Crippen molar-refractivity contribution in [3.05, 3.63) is 59.7 Å². The number of carbonyl (C=O) groups excluding carboxylic acids is 1. The number of carbonyl (C=O) groups is 1. The van der Waals surface area contributed by atoms with E-state index in [1.165, 1.54) is 9.87 Å². The van der Waals surface area contributed by atoms with Gasteiger partial charge in [-0.25, -0.2) is 8.42 Å². The summed E-state index contributed by atoms with van der Waals surface area (Å²) in [6.07, 6.45) is 1.46. The normalized spacial score (nSPS) is 12.3. The number of rotatable bonds is 9. The van der Waals surface area contributed by atoms with Crippen LogP contribution in [0.5, 0.6) is 5.75 Å². The minimum atomic E-state index is -3.62. The molecule has 0 aromatic heterocycles. The number of nitrogens with zero attached hydrogens (tertiary/aromatic N) is 1. The van der Waals surface area contributed by atoms with Crippen LogP contribution in [-0.2, 0) is 14.8 Å². The Labute approximate surface area is 167 Å². The van der Waals surface area contributed by atoms with Gasteiger partial charge in [0.15, 0.2) is 0 Å². The average molecular weight is 405 g/mol. The first-order valence-corrected chi connectivity index (χ1v) is 11.1. The summed E-state index contributed by atoms with van der Waals surface area (Å²) < 4.78 is 31.5. The Hall–Kier alpha value is -2.54. The smallest absolute Gasteiger partial charge is 0.244 e. The lowest BCUT2D eigenvalue weighted by molar-refractivity contribution is -0.122. The summed E-state index contributed by atoms with van der Waals surface area (Å²) in [5.74, 6) is 0.395. The summed E-state index contributed by atoms with van der Waals surface area (Å²) in [7, 11) is -3.62. The Morgan fingerprint density at radius 1 is 1.11 bits per heavy atom. The number of aryl methyl sites for hydroxylation is 2. The molecule has 152 valence electrons. The highest BCUT2D eigenvalue weighted by Gasteiger charge is 2.31. The van der Waals surface area contributed by atoms with E-state index in [0.29, 0.717) is 18.7 Å². The van der Waals surface area contributed by atoms with Crippen molar-refractivity contribution >= 4 is 21.6 Å². The van der Waals surface area contributed by atoms with Gasteiger partial charge in [-0.1, -0.05) is 31.2 Å². The Kier molecular flexibility index (Phi) is 7.45. The average Bonchev–Trinajstić information content (AvgIpc) is 2.65. The lowest BCUT2D eigenvalue weighted by Crippen LogP contribution is -2.49. The Morgan fingerprint density at radius 2 is 1.79 bits per heavy atom. The molecule has 0 aliphatic heterocycles. The molecular weight excluding hydrogens is 376 g/mol. The topological polar surface area (TPSA) is 75.7 Å². The minimum Gasteiger partial charge on any atom is -0.492 e. The van der Waals surface area contributed by atoms with E-state index in [9.17, 15) is 13.2 Å². The lowest BCUT2D eigenvalue weighted by atomic mass is 10.1. The van der Waals surface area contributed by atoms with Gasteiger partial charge < -0.3 is 10.1 Å². The first kappa shape index (κ1) is 21.8. The molecule has 0 saturated carbocycles. The molecule has 0 spiro atoms. The fraction of sp³-hybridized carbons (Fsp3) is 0.381. The van der Waals surface area contributed by atoms with E-state index in [4.69, 9.17) is 4.74 Å². The minimum absolute atomic E-state index is 0.286. The van der Waals surface area contributed by atoms with E-state index in [0.717, 1.165) is 17.6 Å². The molecule has 2 rings (SSSR count). The summed E-state index contributed by atoms with van der Waals surface area (Å²) in [6.45, 7) is 6.42. The number of sulfonamides is 1. The zero-order valence-electron chi connectivity index (χ0n) is 16.8. The van der Waals surface area contributed by atoms with Crippen molar-refractivity contribution in [1.29, 1.82) is 0 Å². The second-order valence-corrected chi connectivity index (χ2v) is 8.56. The number of benzene rings is 2. The third kappa shape index (κ3) is 5.73. The van der Waals surface area contributed by atoms with Gasteiger partial charge in [0, 0.05) is 0 Å². The molecule has 1 atom stereocenters. The molecular formula is C21H28N2O4S. The fourth-order valence-corrected chi connectivity index (χ4v) is 4.11. The van der Waals surface area contributed by atoms with Gasteiger partial charge in [0.2, 0.25) is 15.9 Å². The molecule has 0 bridgehead atoms. The van der Waals surface area contributed by atoms with Crippen LogP contribution in [-0.4, -0.2) is 39.8 Å². The van der Waals surface area contributed by atoms with Crippen molar-refractivity contribution in [2.45, 2.75) is 33.2 Å². The second-order valence-electron chi connectivity index (χ2n) is 6.70. The van der Waals surface area contributed by atoms with Crippen LogP contribution in [0, 0.1) is 13.8 Å². The molecule has 1 N–H and O–H groups in total. The summed E-state index contributed by atoms with van der Waals surface area (Å²) in [6, 6.07) is 13.7. The van der Waals surface area contributed by atoms with Crippen LogP contribution < -0.4 is 14.4 Å². The van der Waals surface area contributed by atoms with Crippen LogP contribution in [0.15, 0.2) is 48.5 Å². The van der Waals surface area contributed by atoms with E-state index < -0.39 is 16.1 Å². The van der Waals surface area contributed by atoms with E-state index in [1.54, 1.807) is 37.3 Å². The first-order valence-electron chi connectivity index (χ1n) is 9.26. The van der Waals surface area contributed by atoms with Gasteiger partial charge in [-0.3, -0.25) is 9.10 Å². The van der Waals surface area contributed by atoms with Crippen molar-refractivity contribution in [2.75, 3.05) is 23.7 Å². The lowest BCUT2D eigenvalue weighted by Gasteiger charge is -2.30. The van der Waals surface area contributed by atoms with E-state index in [-0.39, 0.29) is 12.5 Å². The predicted molar refractivity (Wildman–Crippen MR) is 112 cm³/mol. The van der Waals surface area contributed by atoms with E-state index >= 15 is 0 Å². The van der Waals surface area contributed by atoms with Crippen LogP contribution in [0.2, 0.25) is 0 Å². The highest BCUT2D eigenvalue weighted by atomic mass is 32.2. The predicted octanol–water partition coefficient (Wildman–Crippen LogP) is 3.04.